The molecule has 11 heavy (non-hydrogen) atoms. The number of hydrogen-bond donors (Lipinski definition) is 1. The summed E-state index contributed by atoms with van der Waals surface area (Å²) in [4.78, 5) is 11.1. The van der Waals surface area contributed by atoms with E-state index in [1.165, 1.54) is 6.08 Å². The molecule has 2 N–H and O–H groups in total. The van der Waals surface area contributed by atoms with Gasteiger partial charge in [-0.15, -0.1) is 0 Å². The van der Waals surface area contributed by atoms with Gasteiger partial charge in [-0.25, -0.2) is 0 Å². The van der Waals surface area contributed by atoms with E-state index in [9.17, 15) is 4.79 Å². The van der Waals surface area contributed by atoms with Crippen LogP contribution in [0.4, 0.5) is 0 Å². The first kappa shape index (κ1) is 9.85. The van der Waals surface area contributed by atoms with Crippen LogP contribution in [-0.4, -0.2) is 12.3 Å². The van der Waals surface area contributed by atoms with Gasteiger partial charge in [0, 0.05) is 12.0 Å². The molecule has 2 nitrogen and oxygen atoms in total. The number of carbonyl (C=O) groups excluding carboxylic acids is 1. The Labute approximate surface area is 67.1 Å². The Balaban J connectivity index is 4.25. The minimum absolute atomic E-state index is 0.0161. The molecule has 0 saturated heterocycles. The summed E-state index contributed by atoms with van der Waals surface area (Å²) in [6.07, 6.45) is 5.07. The molecule has 0 aliphatic heterocycles. The van der Waals surface area contributed by atoms with E-state index in [4.69, 9.17) is 5.73 Å². The van der Waals surface area contributed by atoms with Gasteiger partial charge in [-0.2, -0.15) is 0 Å². The molecule has 0 aliphatic rings. The summed E-state index contributed by atoms with van der Waals surface area (Å²) < 4.78 is 0. The Morgan fingerprint density at radius 1 is 1.45 bits per heavy atom. The first-order valence-electron chi connectivity index (χ1n) is 3.44. The van der Waals surface area contributed by atoms with Gasteiger partial charge in [0.1, 0.15) is 0 Å². The molecular formula is C9H13NO. The van der Waals surface area contributed by atoms with Gasteiger partial charge in [0.05, 0.1) is 0 Å². The highest BCUT2D eigenvalue weighted by atomic mass is 16.1. The van der Waals surface area contributed by atoms with Crippen molar-refractivity contribution in [3.63, 3.8) is 0 Å². The molecule has 0 aromatic carbocycles. The summed E-state index contributed by atoms with van der Waals surface area (Å²) in [5.74, 6) is 0.0161. The standard InChI is InChI=1S/C9H13NO/c1-3-5-8(4-2)9(11)6-7-10/h3-5H,1-2,6-7,10H2/b8-5+. The van der Waals surface area contributed by atoms with E-state index in [-0.39, 0.29) is 5.78 Å². The average molecular weight is 151 g/mol. The lowest BCUT2D eigenvalue weighted by Crippen LogP contribution is -2.08. The summed E-state index contributed by atoms with van der Waals surface area (Å²) in [6.45, 7) is 7.36. The number of Topliss-reactive ketones (excluding diaryl/α,β-unsaturated/α-hetero) is 1. The molecule has 0 aromatic rings. The second-order valence-corrected chi connectivity index (χ2v) is 2.02. The Hall–Kier alpha value is -1.15. The minimum atomic E-state index is 0.0161. The number of carbonyl (C=O) groups is 1. The molecule has 0 amide bonds. The van der Waals surface area contributed by atoms with Crippen LogP contribution in [0.2, 0.25) is 0 Å². The van der Waals surface area contributed by atoms with Crippen LogP contribution in [0.1, 0.15) is 6.42 Å². The lowest BCUT2D eigenvalue weighted by Gasteiger charge is -1.96. The van der Waals surface area contributed by atoms with Crippen LogP contribution in [-0.2, 0) is 4.79 Å². The maximum atomic E-state index is 11.1. The van der Waals surface area contributed by atoms with E-state index >= 15 is 0 Å². The van der Waals surface area contributed by atoms with Crippen molar-refractivity contribution in [2.45, 2.75) is 6.42 Å². The van der Waals surface area contributed by atoms with E-state index in [0.29, 0.717) is 18.5 Å². The van der Waals surface area contributed by atoms with Crippen LogP contribution in [0.3, 0.4) is 0 Å². The van der Waals surface area contributed by atoms with Crippen molar-refractivity contribution in [1.82, 2.24) is 0 Å². The van der Waals surface area contributed by atoms with Gasteiger partial charge in [0.25, 0.3) is 0 Å². The Morgan fingerprint density at radius 2 is 2.09 bits per heavy atom. The van der Waals surface area contributed by atoms with Gasteiger partial charge in [0.15, 0.2) is 5.78 Å². The molecule has 0 saturated carbocycles. The highest BCUT2D eigenvalue weighted by molar-refractivity contribution is 5.98. The van der Waals surface area contributed by atoms with Gasteiger partial charge >= 0.3 is 0 Å². The zero-order chi connectivity index (χ0) is 8.69. The van der Waals surface area contributed by atoms with Gasteiger partial charge in [-0.05, 0) is 6.54 Å². The summed E-state index contributed by atoms with van der Waals surface area (Å²) in [5.41, 5.74) is 5.78. The lowest BCUT2D eigenvalue weighted by atomic mass is 10.1. The smallest absolute Gasteiger partial charge is 0.164 e. The van der Waals surface area contributed by atoms with E-state index in [1.54, 1.807) is 12.2 Å². The molecule has 60 valence electrons. The average Bonchev–Trinajstić information content (AvgIpc) is 2.00. The highest BCUT2D eigenvalue weighted by Gasteiger charge is 2.02. The topological polar surface area (TPSA) is 43.1 Å². The molecule has 0 bridgehead atoms. The third-order valence-corrected chi connectivity index (χ3v) is 1.21. The molecule has 0 heterocycles. The van der Waals surface area contributed by atoms with Gasteiger partial charge in [0.2, 0.25) is 0 Å². The maximum absolute atomic E-state index is 11.1. The molecule has 0 radical (unpaired) electrons. The Bertz CT molecular complexity index is 192. The molecule has 0 aromatic heterocycles. The van der Waals surface area contributed by atoms with Crippen LogP contribution in [0.25, 0.3) is 0 Å². The molecule has 0 fully saturated rings. The number of allylic oxidation sites excluding steroid dienone is 4. The van der Waals surface area contributed by atoms with E-state index < -0.39 is 0 Å². The van der Waals surface area contributed by atoms with Gasteiger partial charge in [-0.1, -0.05) is 31.4 Å². The molecular weight excluding hydrogens is 138 g/mol. The fourth-order valence-electron chi connectivity index (χ4n) is 0.677. The van der Waals surface area contributed by atoms with Crippen molar-refractivity contribution >= 4 is 5.78 Å². The third-order valence-electron chi connectivity index (χ3n) is 1.21. The van der Waals surface area contributed by atoms with Crippen LogP contribution in [0.15, 0.2) is 37.0 Å². The van der Waals surface area contributed by atoms with E-state index in [2.05, 4.69) is 13.2 Å². The SMILES string of the molecule is C=C/C=C(\C=C)C(=O)CCN. The number of nitrogens with two attached hydrogens (primary N) is 1. The van der Waals surface area contributed by atoms with Crippen molar-refractivity contribution < 1.29 is 4.79 Å². The predicted molar refractivity (Wildman–Crippen MR) is 47.2 cm³/mol. The van der Waals surface area contributed by atoms with Crippen LogP contribution >= 0.6 is 0 Å². The number of ketones is 1. The predicted octanol–water partition coefficient (Wildman–Crippen LogP) is 1.20. The Morgan fingerprint density at radius 3 is 2.45 bits per heavy atom. The fourth-order valence-corrected chi connectivity index (χ4v) is 0.677. The van der Waals surface area contributed by atoms with Crippen molar-refractivity contribution in [3.05, 3.63) is 37.0 Å². The van der Waals surface area contributed by atoms with Gasteiger partial charge in [-0.3, -0.25) is 4.79 Å². The second kappa shape index (κ2) is 5.62. The van der Waals surface area contributed by atoms with Crippen molar-refractivity contribution in [1.29, 1.82) is 0 Å². The summed E-state index contributed by atoms with van der Waals surface area (Å²) >= 11 is 0. The van der Waals surface area contributed by atoms with Crippen molar-refractivity contribution in [2.24, 2.45) is 5.73 Å². The van der Waals surface area contributed by atoms with Gasteiger partial charge < -0.3 is 5.73 Å². The molecule has 0 atom stereocenters. The van der Waals surface area contributed by atoms with Crippen LogP contribution in [0, 0.1) is 0 Å². The molecule has 0 unspecified atom stereocenters. The van der Waals surface area contributed by atoms with Crippen LogP contribution in [0.5, 0.6) is 0 Å². The largest absolute Gasteiger partial charge is 0.330 e. The summed E-state index contributed by atoms with van der Waals surface area (Å²) in [5, 5.41) is 0. The van der Waals surface area contributed by atoms with Crippen molar-refractivity contribution in [3.8, 4) is 0 Å². The quantitative estimate of drug-likeness (QED) is 0.474. The normalized spacial score (nSPS) is 10.8. The maximum Gasteiger partial charge on any atom is 0.164 e. The number of hydrogen-bond acceptors (Lipinski definition) is 2. The molecule has 2 heteroatoms. The second-order valence-electron chi connectivity index (χ2n) is 2.02. The van der Waals surface area contributed by atoms with Crippen molar-refractivity contribution in [2.75, 3.05) is 6.54 Å². The molecule has 0 rings (SSSR count). The lowest BCUT2D eigenvalue weighted by molar-refractivity contribution is -0.115. The summed E-state index contributed by atoms with van der Waals surface area (Å²) in [6, 6.07) is 0. The molecule has 0 spiro atoms. The first-order chi connectivity index (χ1) is 5.26. The van der Waals surface area contributed by atoms with E-state index in [0.717, 1.165) is 0 Å². The minimum Gasteiger partial charge on any atom is -0.330 e. The monoisotopic (exact) mass is 151 g/mol. The van der Waals surface area contributed by atoms with E-state index in [1.807, 2.05) is 0 Å². The zero-order valence-corrected chi connectivity index (χ0v) is 6.55. The zero-order valence-electron chi connectivity index (χ0n) is 6.55. The highest BCUT2D eigenvalue weighted by Crippen LogP contribution is 2.00. The first-order valence-corrected chi connectivity index (χ1v) is 3.44. The molecule has 0 aliphatic carbocycles. The fraction of sp³-hybridized carbons (Fsp3) is 0.222. The summed E-state index contributed by atoms with van der Waals surface area (Å²) in [7, 11) is 0. The van der Waals surface area contributed by atoms with Crippen LogP contribution < -0.4 is 5.73 Å². The third kappa shape index (κ3) is 3.53. The number of rotatable bonds is 5. The Kier molecular flexibility index (Phi) is 5.03.